The molecule has 6 aromatic rings. The molecule has 0 amide bonds. The van der Waals surface area contributed by atoms with E-state index in [1.54, 1.807) is 33.4 Å². The van der Waals surface area contributed by atoms with Crippen LogP contribution in [0.25, 0.3) is 24.3 Å². The number of hydrogen-bond acceptors (Lipinski definition) is 0. The first kappa shape index (κ1) is 43.6. The van der Waals surface area contributed by atoms with Crippen LogP contribution in [0.15, 0.2) is 182 Å². The normalized spacial score (nSPS) is 34.6. The van der Waals surface area contributed by atoms with E-state index in [0.717, 1.165) is 0 Å². The van der Waals surface area contributed by atoms with Crippen molar-refractivity contribution in [2.24, 2.45) is 10.8 Å². The van der Waals surface area contributed by atoms with E-state index in [1.807, 2.05) is 0 Å². The number of hydrogen-bond donors (Lipinski definition) is 0. The Balaban J connectivity index is 1.18. The van der Waals surface area contributed by atoms with Crippen molar-refractivity contribution in [1.29, 1.82) is 0 Å². The van der Waals surface area contributed by atoms with Gasteiger partial charge in [0, 0.05) is 0 Å². The van der Waals surface area contributed by atoms with Gasteiger partial charge in [-0.3, -0.25) is 0 Å². The molecule has 0 heteroatoms. The lowest BCUT2D eigenvalue weighted by atomic mass is 9.23. The van der Waals surface area contributed by atoms with E-state index in [2.05, 4.69) is 234 Å². The molecule has 8 saturated carbocycles. The highest BCUT2D eigenvalue weighted by molar-refractivity contribution is 5.63. The van der Waals surface area contributed by atoms with Crippen LogP contribution in [0.1, 0.15) is 160 Å². The second kappa shape index (κ2) is 15.9. The van der Waals surface area contributed by atoms with Gasteiger partial charge in [-0.1, -0.05) is 194 Å². The van der Waals surface area contributed by atoms with Crippen LogP contribution in [-0.4, -0.2) is 0 Å². The molecular weight excluding hydrogens is 817 g/mol. The maximum atomic E-state index is 2.64. The lowest BCUT2D eigenvalue weighted by Gasteiger charge is -2.81. The summed E-state index contributed by atoms with van der Waals surface area (Å²) in [4.78, 5) is 0. The average molecular weight is 887 g/mol. The molecule has 8 bridgehead atoms. The fourth-order valence-electron chi connectivity index (χ4n) is 18.5. The summed E-state index contributed by atoms with van der Waals surface area (Å²) >= 11 is 0. The lowest BCUT2D eigenvalue weighted by Crippen LogP contribution is -2.75. The van der Waals surface area contributed by atoms with E-state index >= 15 is 0 Å². The van der Waals surface area contributed by atoms with E-state index in [-0.39, 0.29) is 43.3 Å². The third-order valence-electron chi connectivity index (χ3n) is 19.4. The highest BCUT2D eigenvalue weighted by atomic mass is 14.8. The summed E-state index contributed by atoms with van der Waals surface area (Å²) in [7, 11) is 0. The van der Waals surface area contributed by atoms with Crippen LogP contribution >= 0.6 is 0 Å². The number of allylic oxidation sites excluding steroid dienone is 4. The van der Waals surface area contributed by atoms with Gasteiger partial charge in [0.15, 0.2) is 0 Å². The maximum absolute atomic E-state index is 2.64. The molecule has 8 aliphatic carbocycles. The molecular formula is C68H70. The minimum Gasteiger partial charge on any atom is -0.0871 e. The Bertz CT molecular complexity index is 2590. The van der Waals surface area contributed by atoms with Gasteiger partial charge >= 0.3 is 0 Å². The second-order valence-corrected chi connectivity index (χ2v) is 23.6. The molecule has 4 unspecified atom stereocenters. The fraction of sp³-hybridized carbons (Fsp3) is 0.353. The molecule has 0 aromatic heterocycles. The quantitative estimate of drug-likeness (QED) is 0.122. The average Bonchev–Trinajstić information content (AvgIpc) is 3.35. The topological polar surface area (TPSA) is 0 Å². The van der Waals surface area contributed by atoms with Crippen LogP contribution in [0.5, 0.6) is 0 Å². The number of rotatable bonds is 11. The van der Waals surface area contributed by atoms with Crippen molar-refractivity contribution >= 4 is 24.3 Å². The minimum absolute atomic E-state index is 0.00437. The predicted octanol–water partition coefficient (Wildman–Crippen LogP) is 17.5. The summed E-state index contributed by atoms with van der Waals surface area (Å²) in [6, 6.07) is 63.6. The summed E-state index contributed by atoms with van der Waals surface area (Å²) in [5.41, 5.74) is 15.1. The fourth-order valence-corrected chi connectivity index (χ4v) is 18.5. The van der Waals surface area contributed by atoms with Gasteiger partial charge < -0.3 is 0 Å². The first-order valence-electron chi connectivity index (χ1n) is 26.1. The van der Waals surface area contributed by atoms with E-state index in [0.29, 0.717) is 0 Å². The van der Waals surface area contributed by atoms with E-state index < -0.39 is 0 Å². The Morgan fingerprint density at radius 3 is 0.662 bits per heavy atom. The molecule has 6 aromatic carbocycles. The van der Waals surface area contributed by atoms with Crippen LogP contribution in [-0.2, 0) is 32.5 Å². The summed E-state index contributed by atoms with van der Waals surface area (Å²) in [6.07, 6.45) is 33.3. The van der Waals surface area contributed by atoms with E-state index in [1.165, 1.54) is 99.3 Å². The summed E-state index contributed by atoms with van der Waals surface area (Å²) in [5, 5.41) is 0. The molecule has 14 rings (SSSR count). The van der Waals surface area contributed by atoms with Crippen molar-refractivity contribution in [3.63, 3.8) is 0 Å². The molecule has 0 radical (unpaired) electrons. The number of benzene rings is 6. The standard InChI is InChI=1S/C68H70/c1-5-21-51-33-52(22-6-2)36-59(35-51)65-41-61(55-25-13-9-14-26-55)39-62(42-65,56-27-15-10-16-28-56)46-67(45-61,49-65)68-47-63(57-29-17-11-18-30-57)40-64(48-68,58-31-19-12-20-32-58)44-66(43-63,50-68)60-37-53(23-7-3)34-54(38-60)24-8-4/h5-38H,39-50H2,1-4H3. The van der Waals surface area contributed by atoms with Gasteiger partial charge in [-0.25, -0.2) is 0 Å². The molecule has 4 atom stereocenters. The van der Waals surface area contributed by atoms with Gasteiger partial charge in [-0.15, -0.1) is 0 Å². The van der Waals surface area contributed by atoms with Crippen LogP contribution in [0, 0.1) is 10.8 Å². The summed E-state index contributed by atoms with van der Waals surface area (Å²) < 4.78 is 0. The minimum atomic E-state index is -0.00437. The predicted molar refractivity (Wildman–Crippen MR) is 288 cm³/mol. The van der Waals surface area contributed by atoms with E-state index in [9.17, 15) is 0 Å². The third kappa shape index (κ3) is 6.59. The molecule has 0 N–H and O–H groups in total. The first-order chi connectivity index (χ1) is 33.1. The van der Waals surface area contributed by atoms with Crippen LogP contribution in [0.4, 0.5) is 0 Å². The van der Waals surface area contributed by atoms with Crippen molar-refractivity contribution in [3.05, 3.63) is 238 Å². The molecule has 68 heavy (non-hydrogen) atoms. The SMILES string of the molecule is CC=Cc1cc(C=CC)cc(C23CC4(c5ccccc5)CC(c5ccccc5)(C2)CC(C25CC6(c7ccccc7)CC(c7ccccc7)(CC(c7cc(C=CC)cc(C=CC)c7)(C6)C2)C5)(C4)C3)c1. The van der Waals surface area contributed by atoms with Crippen LogP contribution in [0.3, 0.4) is 0 Å². The molecule has 342 valence electrons. The van der Waals surface area contributed by atoms with Crippen molar-refractivity contribution in [2.45, 2.75) is 137 Å². The molecule has 0 heterocycles. The van der Waals surface area contributed by atoms with Crippen molar-refractivity contribution in [3.8, 4) is 0 Å². The summed E-state index contributed by atoms with van der Waals surface area (Å²) in [6.45, 7) is 8.72. The third-order valence-corrected chi connectivity index (χ3v) is 19.4. The largest absolute Gasteiger partial charge is 0.0871 e. The maximum Gasteiger partial charge on any atom is -0.00241 e. The highest BCUT2D eigenvalue weighted by Crippen LogP contribution is 2.85. The second-order valence-electron chi connectivity index (χ2n) is 23.6. The van der Waals surface area contributed by atoms with Crippen molar-refractivity contribution in [2.75, 3.05) is 0 Å². The Labute approximate surface area is 408 Å². The molecule has 0 aliphatic heterocycles. The van der Waals surface area contributed by atoms with Crippen molar-refractivity contribution in [1.82, 2.24) is 0 Å². The Kier molecular flexibility index (Phi) is 10.2. The molecule has 0 nitrogen and oxygen atoms in total. The molecule has 0 saturated heterocycles. The molecule has 0 spiro atoms. The van der Waals surface area contributed by atoms with Crippen molar-refractivity contribution < 1.29 is 0 Å². The Morgan fingerprint density at radius 1 is 0.250 bits per heavy atom. The van der Waals surface area contributed by atoms with Gasteiger partial charge in [0.2, 0.25) is 0 Å². The lowest BCUT2D eigenvalue weighted by molar-refractivity contribution is -0.237. The van der Waals surface area contributed by atoms with Crippen LogP contribution in [0.2, 0.25) is 0 Å². The van der Waals surface area contributed by atoms with E-state index in [4.69, 9.17) is 0 Å². The van der Waals surface area contributed by atoms with Gasteiger partial charge in [-0.05, 0) is 216 Å². The zero-order chi connectivity index (χ0) is 46.3. The Hall–Kier alpha value is -5.72. The van der Waals surface area contributed by atoms with Crippen LogP contribution < -0.4 is 0 Å². The Morgan fingerprint density at radius 2 is 0.456 bits per heavy atom. The highest BCUT2D eigenvalue weighted by Gasteiger charge is 2.79. The summed E-state index contributed by atoms with van der Waals surface area (Å²) in [5.74, 6) is 0. The zero-order valence-corrected chi connectivity index (χ0v) is 41.1. The van der Waals surface area contributed by atoms with Gasteiger partial charge in [0.25, 0.3) is 0 Å². The monoisotopic (exact) mass is 887 g/mol. The zero-order valence-electron chi connectivity index (χ0n) is 41.1. The molecule has 8 fully saturated rings. The first-order valence-corrected chi connectivity index (χ1v) is 26.1. The van der Waals surface area contributed by atoms with Gasteiger partial charge in [0.05, 0.1) is 0 Å². The van der Waals surface area contributed by atoms with Gasteiger partial charge in [0.1, 0.15) is 0 Å². The van der Waals surface area contributed by atoms with Gasteiger partial charge in [-0.2, -0.15) is 0 Å². The molecule has 8 aliphatic rings. The smallest absolute Gasteiger partial charge is 0.00241 e.